The number of rotatable bonds is 6. The Morgan fingerprint density at radius 2 is 1.94 bits per heavy atom. The number of fused-ring (bicyclic) bond motifs is 1. The highest BCUT2D eigenvalue weighted by Crippen LogP contribution is 2.27. The van der Waals surface area contributed by atoms with E-state index >= 15 is 0 Å². The highest BCUT2D eigenvalue weighted by Gasteiger charge is 2.29. The van der Waals surface area contributed by atoms with Crippen molar-refractivity contribution in [3.8, 4) is 5.75 Å². The molecule has 1 fully saturated rings. The van der Waals surface area contributed by atoms with Crippen LogP contribution in [0.3, 0.4) is 0 Å². The first-order chi connectivity index (χ1) is 16.4. The Kier molecular flexibility index (Phi) is 7.12. The van der Waals surface area contributed by atoms with Crippen molar-refractivity contribution in [3.05, 3.63) is 47.6 Å². The van der Waals surface area contributed by atoms with Crippen LogP contribution in [0.15, 0.2) is 51.9 Å². The Morgan fingerprint density at radius 1 is 1.21 bits per heavy atom. The van der Waals surface area contributed by atoms with Gasteiger partial charge in [0.1, 0.15) is 5.71 Å². The number of pyridine rings is 1. The Hall–Kier alpha value is -3.46. The summed E-state index contributed by atoms with van der Waals surface area (Å²) in [7, 11) is 3.44. The maximum atomic E-state index is 13.4. The quantitative estimate of drug-likeness (QED) is 0.642. The van der Waals surface area contributed by atoms with Crippen LogP contribution in [0.4, 0.5) is 5.69 Å². The zero-order valence-electron chi connectivity index (χ0n) is 20.6. The molecule has 0 radical (unpaired) electrons. The lowest BCUT2D eigenvalue weighted by molar-refractivity contribution is -0.112. The van der Waals surface area contributed by atoms with E-state index in [1.165, 1.54) is 0 Å². The van der Waals surface area contributed by atoms with Gasteiger partial charge in [-0.15, -0.1) is 0 Å². The number of allylic oxidation sites excluding steroid dienone is 3. The van der Waals surface area contributed by atoms with E-state index in [9.17, 15) is 4.79 Å². The third kappa shape index (κ3) is 4.75. The van der Waals surface area contributed by atoms with Crippen molar-refractivity contribution in [3.63, 3.8) is 0 Å². The van der Waals surface area contributed by atoms with Crippen molar-refractivity contribution < 1.29 is 9.53 Å². The van der Waals surface area contributed by atoms with Crippen molar-refractivity contribution >= 4 is 28.7 Å². The van der Waals surface area contributed by atoms with Gasteiger partial charge in [0.05, 0.1) is 34.5 Å². The fourth-order valence-corrected chi connectivity index (χ4v) is 4.20. The highest BCUT2D eigenvalue weighted by molar-refractivity contribution is 6.59. The first-order valence-corrected chi connectivity index (χ1v) is 11.7. The van der Waals surface area contributed by atoms with E-state index in [0.717, 1.165) is 55.3 Å². The van der Waals surface area contributed by atoms with E-state index in [0.29, 0.717) is 22.7 Å². The van der Waals surface area contributed by atoms with Crippen molar-refractivity contribution in [1.82, 2.24) is 19.6 Å². The molecule has 1 saturated heterocycles. The third-order valence-corrected chi connectivity index (χ3v) is 6.08. The molecule has 2 aromatic heterocycles. The number of imidazole rings is 1. The number of hydrogen-bond donors (Lipinski definition) is 2. The van der Waals surface area contributed by atoms with E-state index in [4.69, 9.17) is 4.74 Å². The number of nitrogens with zero attached hydrogens (tertiary/aromatic N) is 5. The van der Waals surface area contributed by atoms with Gasteiger partial charge < -0.3 is 24.7 Å². The Labute approximate surface area is 200 Å². The third-order valence-electron chi connectivity index (χ3n) is 6.08. The summed E-state index contributed by atoms with van der Waals surface area (Å²) in [5.41, 5.74) is 5.03. The van der Waals surface area contributed by atoms with Crippen LogP contribution in [0.25, 0.3) is 5.65 Å². The number of carbonyl (C=O) groups excluding carboxylic acids is 1. The van der Waals surface area contributed by atoms with Gasteiger partial charge in [-0.1, -0.05) is 6.92 Å². The molecule has 0 saturated carbocycles. The number of aryl methyl sites for hydroxylation is 1. The molecule has 1 unspecified atom stereocenters. The predicted molar refractivity (Wildman–Crippen MR) is 136 cm³/mol. The van der Waals surface area contributed by atoms with E-state index in [2.05, 4.69) is 37.4 Å². The molecule has 0 aromatic carbocycles. The van der Waals surface area contributed by atoms with Crippen LogP contribution in [-0.4, -0.2) is 78.0 Å². The van der Waals surface area contributed by atoms with Crippen LogP contribution in [0.1, 0.15) is 26.0 Å². The number of aromatic nitrogens is 2. The Balaban J connectivity index is 1.65. The lowest BCUT2D eigenvalue weighted by Gasteiger charge is -2.33. The molecule has 9 nitrogen and oxygen atoms in total. The second-order valence-electron chi connectivity index (χ2n) is 8.51. The van der Waals surface area contributed by atoms with Gasteiger partial charge in [-0.05, 0) is 32.4 Å². The fourth-order valence-electron chi connectivity index (χ4n) is 4.20. The lowest BCUT2D eigenvalue weighted by Crippen LogP contribution is -2.46. The summed E-state index contributed by atoms with van der Waals surface area (Å²) >= 11 is 0. The number of hydrogen-bond acceptors (Lipinski definition) is 7. The minimum absolute atomic E-state index is 0.0310. The highest BCUT2D eigenvalue weighted by atomic mass is 16.5. The monoisotopic (exact) mass is 463 g/mol. The zero-order valence-corrected chi connectivity index (χ0v) is 20.6. The van der Waals surface area contributed by atoms with Crippen molar-refractivity contribution in [2.24, 2.45) is 9.98 Å². The van der Waals surface area contributed by atoms with Crippen LogP contribution in [-0.2, 0) is 4.79 Å². The second-order valence-corrected chi connectivity index (χ2v) is 8.51. The van der Waals surface area contributed by atoms with Crippen LogP contribution in [0.2, 0.25) is 0 Å². The SMILES string of the molecule is CCC(C)Oc1cc(NC(=O)C2=CC=C(N3CCNCC3)C(=NC)C2=NC)cn2cc(C)nc12. The molecule has 0 spiro atoms. The van der Waals surface area contributed by atoms with Crippen LogP contribution in [0.5, 0.6) is 5.75 Å². The molecule has 180 valence electrons. The van der Waals surface area contributed by atoms with Gasteiger partial charge in [-0.3, -0.25) is 14.8 Å². The summed E-state index contributed by atoms with van der Waals surface area (Å²) in [5, 5.41) is 6.39. The summed E-state index contributed by atoms with van der Waals surface area (Å²) in [6.45, 7) is 9.63. The maximum absolute atomic E-state index is 13.4. The molecule has 9 heteroatoms. The second kappa shape index (κ2) is 10.2. The Morgan fingerprint density at radius 3 is 2.62 bits per heavy atom. The summed E-state index contributed by atoms with van der Waals surface area (Å²) in [4.78, 5) is 29.2. The van der Waals surface area contributed by atoms with Gasteiger partial charge in [-0.25, -0.2) is 4.98 Å². The number of piperazine rings is 1. The van der Waals surface area contributed by atoms with E-state index in [1.54, 1.807) is 14.1 Å². The largest absolute Gasteiger partial charge is 0.487 e. The van der Waals surface area contributed by atoms with Gasteiger partial charge >= 0.3 is 0 Å². The maximum Gasteiger partial charge on any atom is 0.257 e. The first-order valence-electron chi connectivity index (χ1n) is 11.7. The minimum Gasteiger partial charge on any atom is -0.487 e. The van der Waals surface area contributed by atoms with E-state index in [-0.39, 0.29) is 12.0 Å². The van der Waals surface area contributed by atoms with Crippen molar-refractivity contribution in [2.45, 2.75) is 33.3 Å². The number of amides is 1. The van der Waals surface area contributed by atoms with Gasteiger partial charge in [-0.2, -0.15) is 0 Å². The van der Waals surface area contributed by atoms with Crippen molar-refractivity contribution in [1.29, 1.82) is 0 Å². The smallest absolute Gasteiger partial charge is 0.257 e. The average Bonchev–Trinajstić information content (AvgIpc) is 3.23. The fraction of sp³-hybridized carbons (Fsp3) is 0.440. The minimum atomic E-state index is -0.247. The van der Waals surface area contributed by atoms with Crippen LogP contribution >= 0.6 is 0 Å². The molecule has 1 aliphatic heterocycles. The molecule has 2 N–H and O–H groups in total. The number of carbonyl (C=O) groups is 1. The predicted octanol–water partition coefficient (Wildman–Crippen LogP) is 2.63. The molecular formula is C25H33N7O2. The van der Waals surface area contributed by atoms with Crippen LogP contribution < -0.4 is 15.4 Å². The molecule has 1 atom stereocenters. The van der Waals surface area contributed by atoms with Crippen molar-refractivity contribution in [2.75, 3.05) is 45.6 Å². The first kappa shape index (κ1) is 23.7. The summed E-state index contributed by atoms with van der Waals surface area (Å²) < 4.78 is 7.99. The molecule has 0 bridgehead atoms. The molecule has 34 heavy (non-hydrogen) atoms. The van der Waals surface area contributed by atoms with E-state index < -0.39 is 0 Å². The zero-order chi connectivity index (χ0) is 24.2. The number of nitrogens with one attached hydrogen (secondary N) is 2. The van der Waals surface area contributed by atoms with Gasteiger partial charge in [0, 0.05) is 58.7 Å². The number of aliphatic imine (C=N–C) groups is 2. The standard InChI is InChI=1S/C25H33N7O2/c1-6-17(3)34-21-13-18(15-32-14-16(2)29-24(21)32)30-25(33)19-7-8-20(23(27-5)22(19)26-4)31-11-9-28-10-12-31/h7-8,13-15,17,28H,6,9-12H2,1-5H3,(H,30,33). The molecule has 3 heterocycles. The van der Waals surface area contributed by atoms with Gasteiger partial charge in [0.15, 0.2) is 11.4 Å². The molecule has 1 amide bonds. The van der Waals surface area contributed by atoms with Gasteiger partial charge in [0.2, 0.25) is 0 Å². The van der Waals surface area contributed by atoms with E-state index in [1.807, 2.05) is 48.9 Å². The topological polar surface area (TPSA) is 95.6 Å². The average molecular weight is 464 g/mol. The summed E-state index contributed by atoms with van der Waals surface area (Å²) in [6, 6.07) is 1.83. The van der Waals surface area contributed by atoms with Crippen LogP contribution in [0, 0.1) is 6.92 Å². The normalized spacial score (nSPS) is 19.9. The molecule has 4 rings (SSSR count). The number of ether oxygens (including phenoxy) is 1. The molecular weight excluding hydrogens is 430 g/mol. The molecule has 2 aromatic rings. The summed E-state index contributed by atoms with van der Waals surface area (Å²) in [5.74, 6) is 0.391. The summed E-state index contributed by atoms with van der Waals surface area (Å²) in [6.07, 6.45) is 8.46. The Bertz CT molecular complexity index is 1200. The lowest BCUT2D eigenvalue weighted by atomic mass is 9.95. The van der Waals surface area contributed by atoms with Gasteiger partial charge in [0.25, 0.3) is 5.91 Å². The molecule has 1 aliphatic carbocycles. The molecule has 2 aliphatic rings. The number of anilines is 1.